The number of nitrogens with two attached hydrogens (primary N) is 1. The van der Waals surface area contributed by atoms with Gasteiger partial charge >= 0.3 is 0 Å². The van der Waals surface area contributed by atoms with Gasteiger partial charge in [-0.25, -0.2) is 4.98 Å². The Kier molecular flexibility index (Phi) is 4.75. The first-order valence-corrected chi connectivity index (χ1v) is 5.74. The number of pyridine rings is 1. The van der Waals surface area contributed by atoms with Crippen molar-refractivity contribution in [2.75, 3.05) is 18.5 Å². The zero-order valence-corrected chi connectivity index (χ0v) is 10.6. The van der Waals surface area contributed by atoms with Crippen molar-refractivity contribution in [3.8, 4) is 0 Å². The first-order chi connectivity index (χ1) is 8.10. The van der Waals surface area contributed by atoms with Crippen molar-refractivity contribution in [2.24, 2.45) is 16.8 Å². The van der Waals surface area contributed by atoms with Gasteiger partial charge in [0.1, 0.15) is 5.82 Å². The van der Waals surface area contributed by atoms with Gasteiger partial charge in [-0.15, -0.1) is 0 Å². The molecule has 1 unspecified atom stereocenters. The van der Waals surface area contributed by atoms with E-state index in [0.29, 0.717) is 11.5 Å². The molecule has 0 radical (unpaired) electrons. The molecule has 1 aromatic heterocycles. The molecule has 1 heterocycles. The second kappa shape index (κ2) is 6.08. The molecule has 0 aliphatic heterocycles. The summed E-state index contributed by atoms with van der Waals surface area (Å²) in [6.45, 7) is 5.23. The van der Waals surface area contributed by atoms with Crippen LogP contribution in [0.3, 0.4) is 0 Å². The molecule has 0 saturated carbocycles. The van der Waals surface area contributed by atoms with Crippen LogP contribution in [0.25, 0.3) is 0 Å². The van der Waals surface area contributed by atoms with Crippen molar-refractivity contribution in [2.45, 2.75) is 20.3 Å². The first kappa shape index (κ1) is 13.3. The van der Waals surface area contributed by atoms with Crippen molar-refractivity contribution in [3.63, 3.8) is 0 Å². The minimum absolute atomic E-state index is 0.0871. The smallest absolute Gasteiger partial charge is 0.173 e. The Morgan fingerprint density at radius 3 is 2.94 bits per heavy atom. The third-order valence-electron chi connectivity index (χ3n) is 2.81. The van der Waals surface area contributed by atoms with Gasteiger partial charge in [-0.2, -0.15) is 0 Å². The molecule has 0 aromatic carbocycles. The van der Waals surface area contributed by atoms with E-state index in [-0.39, 0.29) is 5.84 Å². The third-order valence-corrected chi connectivity index (χ3v) is 2.81. The minimum Gasteiger partial charge on any atom is -0.409 e. The Bertz CT molecular complexity index is 392. The number of hydrogen-bond acceptors (Lipinski definition) is 4. The molecule has 1 rings (SSSR count). The van der Waals surface area contributed by atoms with Crippen molar-refractivity contribution in [3.05, 3.63) is 23.9 Å². The molecule has 0 aliphatic carbocycles. The average molecular weight is 236 g/mol. The lowest BCUT2D eigenvalue weighted by Crippen LogP contribution is -2.28. The van der Waals surface area contributed by atoms with Gasteiger partial charge in [-0.05, 0) is 18.1 Å². The minimum atomic E-state index is 0.0871. The van der Waals surface area contributed by atoms with Crippen LogP contribution in [0.15, 0.2) is 23.5 Å². The number of anilines is 1. The van der Waals surface area contributed by atoms with E-state index in [4.69, 9.17) is 10.9 Å². The molecule has 0 saturated heterocycles. The van der Waals surface area contributed by atoms with E-state index < -0.39 is 0 Å². The summed E-state index contributed by atoms with van der Waals surface area (Å²) in [4.78, 5) is 6.32. The summed E-state index contributed by atoms with van der Waals surface area (Å²) in [7, 11) is 1.96. The van der Waals surface area contributed by atoms with E-state index >= 15 is 0 Å². The molecular formula is C12H20N4O. The fourth-order valence-electron chi connectivity index (χ4n) is 1.64. The van der Waals surface area contributed by atoms with Gasteiger partial charge in [0.15, 0.2) is 5.84 Å². The van der Waals surface area contributed by atoms with Crippen LogP contribution in [-0.2, 0) is 0 Å². The van der Waals surface area contributed by atoms with Crippen molar-refractivity contribution >= 4 is 11.7 Å². The van der Waals surface area contributed by atoms with E-state index in [1.165, 1.54) is 0 Å². The second-order valence-corrected chi connectivity index (χ2v) is 4.25. The number of aromatic nitrogens is 1. The Morgan fingerprint density at radius 2 is 2.35 bits per heavy atom. The zero-order chi connectivity index (χ0) is 12.8. The van der Waals surface area contributed by atoms with Crippen LogP contribution in [0.5, 0.6) is 0 Å². The highest BCUT2D eigenvalue weighted by molar-refractivity contribution is 6.01. The van der Waals surface area contributed by atoms with E-state index in [1.807, 2.05) is 11.9 Å². The lowest BCUT2D eigenvalue weighted by Gasteiger charge is -2.23. The summed E-state index contributed by atoms with van der Waals surface area (Å²) < 4.78 is 0. The van der Waals surface area contributed by atoms with Gasteiger partial charge in [0.2, 0.25) is 0 Å². The lowest BCUT2D eigenvalue weighted by molar-refractivity contribution is 0.318. The maximum atomic E-state index is 8.74. The van der Waals surface area contributed by atoms with Crippen LogP contribution in [0.4, 0.5) is 5.82 Å². The molecular weight excluding hydrogens is 216 g/mol. The van der Waals surface area contributed by atoms with Crippen LogP contribution in [0.2, 0.25) is 0 Å². The predicted octanol–water partition coefficient (Wildman–Crippen LogP) is 1.66. The maximum Gasteiger partial charge on any atom is 0.173 e. The van der Waals surface area contributed by atoms with E-state index in [1.54, 1.807) is 18.3 Å². The summed E-state index contributed by atoms with van der Waals surface area (Å²) in [5.41, 5.74) is 6.28. The average Bonchev–Trinajstić information content (AvgIpc) is 2.37. The first-order valence-electron chi connectivity index (χ1n) is 5.74. The number of nitrogens with zero attached hydrogens (tertiary/aromatic N) is 3. The molecule has 0 fully saturated rings. The van der Waals surface area contributed by atoms with E-state index in [0.717, 1.165) is 18.8 Å². The highest BCUT2D eigenvalue weighted by atomic mass is 16.4. The molecule has 1 aromatic rings. The van der Waals surface area contributed by atoms with Gasteiger partial charge < -0.3 is 15.8 Å². The summed E-state index contributed by atoms with van der Waals surface area (Å²) >= 11 is 0. The van der Waals surface area contributed by atoms with Crippen molar-refractivity contribution in [1.29, 1.82) is 0 Å². The number of hydrogen-bond donors (Lipinski definition) is 2. The van der Waals surface area contributed by atoms with Crippen molar-refractivity contribution < 1.29 is 5.21 Å². The third kappa shape index (κ3) is 3.34. The summed E-state index contributed by atoms with van der Waals surface area (Å²) in [5.74, 6) is 1.40. The van der Waals surface area contributed by atoms with Gasteiger partial charge in [0, 0.05) is 19.8 Å². The highest BCUT2D eigenvalue weighted by Crippen LogP contribution is 2.17. The topological polar surface area (TPSA) is 74.7 Å². The normalized spacial score (nSPS) is 13.5. The Morgan fingerprint density at radius 1 is 1.65 bits per heavy atom. The molecule has 5 heteroatoms. The van der Waals surface area contributed by atoms with Gasteiger partial charge in [0.25, 0.3) is 0 Å². The van der Waals surface area contributed by atoms with Gasteiger partial charge in [-0.3, -0.25) is 0 Å². The van der Waals surface area contributed by atoms with Crippen LogP contribution in [0.1, 0.15) is 25.8 Å². The number of amidine groups is 1. The number of oxime groups is 1. The summed E-state index contributed by atoms with van der Waals surface area (Å²) in [6.07, 6.45) is 2.81. The maximum absolute atomic E-state index is 8.74. The van der Waals surface area contributed by atoms with Crippen LogP contribution < -0.4 is 10.6 Å². The Balaban J connectivity index is 2.97. The van der Waals surface area contributed by atoms with Crippen LogP contribution in [-0.4, -0.2) is 29.6 Å². The van der Waals surface area contributed by atoms with Crippen LogP contribution >= 0.6 is 0 Å². The fourth-order valence-corrected chi connectivity index (χ4v) is 1.64. The molecule has 0 aliphatic rings. The highest BCUT2D eigenvalue weighted by Gasteiger charge is 2.13. The molecule has 17 heavy (non-hydrogen) atoms. The Hall–Kier alpha value is -1.78. The fraction of sp³-hybridized carbons (Fsp3) is 0.500. The monoisotopic (exact) mass is 236 g/mol. The summed E-state index contributed by atoms with van der Waals surface area (Å²) in [5, 5.41) is 11.8. The SMILES string of the molecule is CCC(C)CN(C)c1ncccc1/C(N)=N/O. The molecule has 0 spiro atoms. The van der Waals surface area contributed by atoms with Gasteiger partial charge in [0.05, 0.1) is 5.56 Å². The number of rotatable bonds is 5. The molecule has 94 valence electrons. The quantitative estimate of drug-likeness (QED) is 0.353. The summed E-state index contributed by atoms with van der Waals surface area (Å²) in [6, 6.07) is 3.57. The molecule has 1 atom stereocenters. The molecule has 0 amide bonds. The van der Waals surface area contributed by atoms with E-state index in [2.05, 4.69) is 24.0 Å². The second-order valence-electron chi connectivity index (χ2n) is 4.25. The Labute approximate surface area is 102 Å². The standard InChI is InChI=1S/C12H20N4O/c1-4-9(2)8-16(3)12-10(11(13)15-17)6-5-7-14-12/h5-7,9,17H,4,8H2,1-3H3,(H2,13,15). The molecule has 3 N–H and O–H groups in total. The molecule has 0 bridgehead atoms. The van der Waals surface area contributed by atoms with Gasteiger partial charge in [-0.1, -0.05) is 25.4 Å². The lowest BCUT2D eigenvalue weighted by atomic mass is 10.1. The van der Waals surface area contributed by atoms with Crippen LogP contribution in [0, 0.1) is 5.92 Å². The predicted molar refractivity (Wildman–Crippen MR) is 69.5 cm³/mol. The van der Waals surface area contributed by atoms with E-state index in [9.17, 15) is 0 Å². The molecule has 5 nitrogen and oxygen atoms in total. The van der Waals surface area contributed by atoms with Crippen molar-refractivity contribution in [1.82, 2.24) is 4.98 Å². The zero-order valence-electron chi connectivity index (χ0n) is 10.6. The largest absolute Gasteiger partial charge is 0.409 e.